The van der Waals surface area contributed by atoms with E-state index in [1.54, 1.807) is 12.4 Å². The molecule has 2 N–H and O–H groups in total. The first kappa shape index (κ1) is 20.7. The van der Waals surface area contributed by atoms with Gasteiger partial charge in [-0.25, -0.2) is 19.3 Å². The van der Waals surface area contributed by atoms with Crippen molar-refractivity contribution < 1.29 is 4.39 Å². The van der Waals surface area contributed by atoms with Gasteiger partial charge in [0.15, 0.2) is 11.5 Å². The van der Waals surface area contributed by atoms with Crippen LogP contribution in [0.25, 0.3) is 17.2 Å². The third-order valence-electron chi connectivity index (χ3n) is 5.58. The zero-order valence-corrected chi connectivity index (χ0v) is 18.6. The summed E-state index contributed by atoms with van der Waals surface area (Å²) in [6, 6.07) is 10.6. The fourth-order valence-electron chi connectivity index (χ4n) is 3.99. The van der Waals surface area contributed by atoms with Crippen LogP contribution in [0.2, 0.25) is 10.0 Å². The number of nitrogens with zero attached hydrogens (tertiary/aromatic N) is 4. The number of halogens is 3. The van der Waals surface area contributed by atoms with Gasteiger partial charge in [0, 0.05) is 22.0 Å². The Bertz CT molecular complexity index is 1340. The summed E-state index contributed by atoms with van der Waals surface area (Å²) in [6.07, 6.45) is 5.89. The van der Waals surface area contributed by atoms with Crippen LogP contribution >= 0.6 is 23.2 Å². The minimum absolute atomic E-state index is 0.104. The highest BCUT2D eigenvalue weighted by Gasteiger charge is 2.28. The number of imidazole rings is 1. The van der Waals surface area contributed by atoms with Crippen molar-refractivity contribution in [2.75, 3.05) is 10.2 Å². The van der Waals surface area contributed by atoms with Crippen molar-refractivity contribution in [1.29, 1.82) is 0 Å². The van der Waals surface area contributed by atoms with Crippen LogP contribution in [-0.2, 0) is 6.54 Å². The number of H-pyrrole nitrogens is 1. The summed E-state index contributed by atoms with van der Waals surface area (Å²) < 4.78 is 14.2. The number of benzene rings is 2. The molecule has 6 nitrogen and oxygen atoms in total. The predicted octanol–water partition coefficient (Wildman–Crippen LogP) is 6.05. The maximum Gasteiger partial charge on any atom is 0.182 e. The molecule has 1 unspecified atom stereocenters. The van der Waals surface area contributed by atoms with Crippen LogP contribution < -0.4 is 10.2 Å². The largest absolute Gasteiger partial charge is 0.360 e. The lowest BCUT2D eigenvalue weighted by molar-refractivity contribution is 0.624. The third kappa shape index (κ3) is 3.67. The summed E-state index contributed by atoms with van der Waals surface area (Å²) in [6.45, 7) is 2.51. The fraction of sp³-hybridized carbons (Fsp3) is 0.174. The molecule has 0 saturated carbocycles. The first-order valence-corrected chi connectivity index (χ1v) is 10.9. The van der Waals surface area contributed by atoms with Crippen molar-refractivity contribution in [3.05, 3.63) is 81.7 Å². The number of aromatic nitrogens is 4. The van der Waals surface area contributed by atoms with Crippen LogP contribution in [0.3, 0.4) is 0 Å². The predicted molar refractivity (Wildman–Crippen MR) is 126 cm³/mol. The molecule has 32 heavy (non-hydrogen) atoms. The van der Waals surface area contributed by atoms with Crippen molar-refractivity contribution in [2.45, 2.75) is 25.9 Å². The van der Waals surface area contributed by atoms with Crippen LogP contribution in [0.5, 0.6) is 0 Å². The van der Waals surface area contributed by atoms with E-state index in [-0.39, 0.29) is 11.1 Å². The van der Waals surface area contributed by atoms with Crippen molar-refractivity contribution >= 4 is 51.9 Å². The number of anilines is 2. The molecule has 1 atom stereocenters. The van der Waals surface area contributed by atoms with E-state index < -0.39 is 5.82 Å². The monoisotopic (exact) mass is 468 g/mol. The van der Waals surface area contributed by atoms with E-state index >= 15 is 0 Å². The Labute approximate surface area is 194 Å². The van der Waals surface area contributed by atoms with Crippen molar-refractivity contribution in [3.8, 4) is 0 Å². The second kappa shape index (κ2) is 8.41. The van der Waals surface area contributed by atoms with Gasteiger partial charge >= 0.3 is 0 Å². The van der Waals surface area contributed by atoms with Crippen molar-refractivity contribution in [3.63, 3.8) is 0 Å². The Hall–Kier alpha value is -3.16. The van der Waals surface area contributed by atoms with Crippen LogP contribution in [0.4, 0.5) is 15.9 Å². The molecular weight excluding hydrogens is 450 g/mol. The van der Waals surface area contributed by atoms with Gasteiger partial charge in [-0.3, -0.25) is 0 Å². The van der Waals surface area contributed by atoms with Gasteiger partial charge < -0.3 is 15.2 Å². The standard InChI is InChI=1S/C23H19Cl2FN6/c1-2-18(31-23-21-22(28-11-27-21)29-12-30-23)19-8-13-6-7-17(26)20(25)16(13)10-32(19)15-5-3-4-14(24)9-15/h3-9,11-12,18H,2,10H2,1H3,(H2,27,28,29,30,31). The average molecular weight is 469 g/mol. The van der Waals surface area contributed by atoms with Crippen LogP contribution in [0.15, 0.2) is 54.7 Å². The Balaban J connectivity index is 1.61. The second-order valence-corrected chi connectivity index (χ2v) is 8.31. The Kier molecular flexibility index (Phi) is 5.45. The topological polar surface area (TPSA) is 69.7 Å². The number of rotatable bonds is 5. The Morgan fingerprint density at radius 2 is 2.06 bits per heavy atom. The Morgan fingerprint density at radius 3 is 2.88 bits per heavy atom. The molecule has 0 fully saturated rings. The normalized spacial score (nSPS) is 14.2. The second-order valence-electron chi connectivity index (χ2n) is 7.49. The number of nitrogens with one attached hydrogen (secondary N) is 2. The molecule has 0 spiro atoms. The highest BCUT2D eigenvalue weighted by molar-refractivity contribution is 6.32. The Morgan fingerprint density at radius 1 is 1.19 bits per heavy atom. The van der Waals surface area contributed by atoms with Gasteiger partial charge in [-0.15, -0.1) is 0 Å². The summed E-state index contributed by atoms with van der Waals surface area (Å²) in [5.41, 5.74) is 4.85. The third-order valence-corrected chi connectivity index (χ3v) is 6.23. The van der Waals surface area contributed by atoms with Gasteiger partial charge in [0.2, 0.25) is 0 Å². The molecule has 4 aromatic rings. The first-order valence-electron chi connectivity index (χ1n) is 10.2. The summed E-state index contributed by atoms with van der Waals surface area (Å²) >= 11 is 12.6. The zero-order chi connectivity index (χ0) is 22.2. The average Bonchev–Trinajstić information content (AvgIpc) is 3.29. The van der Waals surface area contributed by atoms with Crippen molar-refractivity contribution in [2.24, 2.45) is 0 Å². The molecule has 0 amide bonds. The van der Waals surface area contributed by atoms with Gasteiger partial charge in [0.25, 0.3) is 0 Å². The van der Waals surface area contributed by atoms with Gasteiger partial charge in [-0.1, -0.05) is 42.3 Å². The molecule has 1 aliphatic rings. The van der Waals surface area contributed by atoms with Gasteiger partial charge in [0.05, 0.1) is 23.9 Å². The van der Waals surface area contributed by atoms with E-state index in [2.05, 4.69) is 37.1 Å². The number of aromatic amines is 1. The molecule has 0 radical (unpaired) electrons. The summed E-state index contributed by atoms with van der Waals surface area (Å²) in [5.74, 6) is 0.232. The molecular formula is C23H19Cl2FN6. The summed E-state index contributed by atoms with van der Waals surface area (Å²) in [4.78, 5) is 18.0. The molecule has 0 saturated heterocycles. The van der Waals surface area contributed by atoms with E-state index in [1.165, 1.54) is 12.4 Å². The summed E-state index contributed by atoms with van der Waals surface area (Å²) in [5, 5.41) is 4.29. The summed E-state index contributed by atoms with van der Waals surface area (Å²) in [7, 11) is 0. The zero-order valence-electron chi connectivity index (χ0n) is 17.1. The highest BCUT2D eigenvalue weighted by Crippen LogP contribution is 2.37. The van der Waals surface area contributed by atoms with E-state index in [9.17, 15) is 4.39 Å². The fourth-order valence-corrected chi connectivity index (χ4v) is 4.40. The maximum absolute atomic E-state index is 14.2. The lowest BCUT2D eigenvalue weighted by Gasteiger charge is -2.37. The maximum atomic E-state index is 14.2. The minimum Gasteiger partial charge on any atom is -0.360 e. The van der Waals surface area contributed by atoms with Crippen LogP contribution in [0, 0.1) is 5.82 Å². The van der Waals surface area contributed by atoms with Crippen molar-refractivity contribution in [1.82, 2.24) is 19.9 Å². The smallest absolute Gasteiger partial charge is 0.182 e. The number of hydrogen-bond donors (Lipinski definition) is 2. The molecule has 0 aliphatic carbocycles. The van der Waals surface area contributed by atoms with E-state index in [0.29, 0.717) is 23.0 Å². The van der Waals surface area contributed by atoms with Gasteiger partial charge in [-0.05, 0) is 42.3 Å². The molecule has 2 aromatic carbocycles. The molecule has 3 heterocycles. The minimum atomic E-state index is -0.430. The lowest BCUT2D eigenvalue weighted by atomic mass is 9.96. The van der Waals surface area contributed by atoms with Gasteiger partial charge in [-0.2, -0.15) is 0 Å². The molecule has 9 heteroatoms. The van der Waals surface area contributed by atoms with Crippen LogP contribution in [0.1, 0.15) is 24.5 Å². The molecule has 5 rings (SSSR count). The SMILES string of the molecule is CCC(Nc1ncnc2nc[nH]c12)C1=Cc2ccc(F)c(Cl)c2CN1c1cccc(Cl)c1. The molecule has 0 bridgehead atoms. The first-order chi connectivity index (χ1) is 15.5. The van der Waals surface area contributed by atoms with E-state index in [1.807, 2.05) is 30.3 Å². The number of hydrogen-bond acceptors (Lipinski definition) is 5. The van der Waals surface area contributed by atoms with Gasteiger partial charge in [0.1, 0.15) is 17.7 Å². The highest BCUT2D eigenvalue weighted by atomic mass is 35.5. The van der Waals surface area contributed by atoms with E-state index in [4.69, 9.17) is 23.2 Å². The lowest BCUT2D eigenvalue weighted by Crippen LogP contribution is -2.36. The molecule has 2 aromatic heterocycles. The van der Waals surface area contributed by atoms with E-state index in [0.717, 1.165) is 34.4 Å². The molecule has 162 valence electrons. The number of fused-ring (bicyclic) bond motifs is 2. The quantitative estimate of drug-likeness (QED) is 0.373. The van der Waals surface area contributed by atoms with Crippen LogP contribution in [-0.4, -0.2) is 26.0 Å². The molecule has 1 aliphatic heterocycles.